The Labute approximate surface area is 102 Å². The van der Waals surface area contributed by atoms with E-state index in [-0.39, 0.29) is 24.2 Å². The van der Waals surface area contributed by atoms with Crippen LogP contribution < -0.4 is 0 Å². The molecule has 0 spiro atoms. The average Bonchev–Trinajstić information content (AvgIpc) is 2.40. The quantitative estimate of drug-likeness (QED) is 0.579. The number of carbonyl (C=O) groups is 1. The van der Waals surface area contributed by atoms with Crippen molar-refractivity contribution in [3.05, 3.63) is 11.6 Å². The molecule has 2 aliphatic rings. The highest BCUT2D eigenvalue weighted by atomic mass is 16.5. The molecule has 0 radical (unpaired) electrons. The summed E-state index contributed by atoms with van der Waals surface area (Å²) in [6.45, 7) is 3.76. The second kappa shape index (κ2) is 4.78. The number of esters is 1. The Morgan fingerprint density at radius 3 is 2.71 bits per heavy atom. The maximum atomic E-state index is 11.6. The smallest absolute Gasteiger partial charge is 0.331 e. The van der Waals surface area contributed by atoms with E-state index in [0.29, 0.717) is 12.5 Å². The van der Waals surface area contributed by atoms with Gasteiger partial charge in [0.2, 0.25) is 0 Å². The summed E-state index contributed by atoms with van der Waals surface area (Å²) in [5.74, 6) is -0.259. The number of hydrogen-bond donors (Lipinski definition) is 1. The number of ether oxygens (including phenoxy) is 1. The third-order valence-electron chi connectivity index (χ3n) is 3.76. The van der Waals surface area contributed by atoms with Gasteiger partial charge in [-0.2, -0.15) is 0 Å². The number of likely N-dealkylation sites (N-methyl/N-ethyl adjacent to an activating group) is 1. The fourth-order valence-corrected chi connectivity index (χ4v) is 2.94. The largest absolute Gasteiger partial charge is 0.457 e. The van der Waals surface area contributed by atoms with E-state index in [9.17, 15) is 9.90 Å². The monoisotopic (exact) mass is 239 g/mol. The van der Waals surface area contributed by atoms with Gasteiger partial charge in [-0.3, -0.25) is 4.90 Å². The molecule has 0 aromatic carbocycles. The fourth-order valence-electron chi connectivity index (χ4n) is 2.94. The van der Waals surface area contributed by atoms with Gasteiger partial charge >= 0.3 is 5.97 Å². The molecule has 17 heavy (non-hydrogen) atoms. The lowest BCUT2D eigenvalue weighted by Crippen LogP contribution is -2.44. The van der Waals surface area contributed by atoms with Crippen molar-refractivity contribution in [2.24, 2.45) is 0 Å². The lowest BCUT2D eigenvalue weighted by molar-refractivity contribution is -0.144. The SMILES string of the molecule is CC(C)=CC(=O)O[C@@H]1C[C@H]2C[C@@H](O)C[C@@H]1N2C. The molecule has 4 atom stereocenters. The van der Waals surface area contributed by atoms with Gasteiger partial charge in [0, 0.05) is 24.6 Å². The molecule has 2 saturated heterocycles. The van der Waals surface area contributed by atoms with Crippen LogP contribution in [0.5, 0.6) is 0 Å². The van der Waals surface area contributed by atoms with E-state index in [2.05, 4.69) is 11.9 Å². The highest BCUT2D eigenvalue weighted by Crippen LogP contribution is 2.36. The summed E-state index contributed by atoms with van der Waals surface area (Å²) < 4.78 is 5.49. The predicted molar refractivity (Wildman–Crippen MR) is 64.5 cm³/mol. The third kappa shape index (κ3) is 2.69. The van der Waals surface area contributed by atoms with Gasteiger partial charge in [-0.15, -0.1) is 0 Å². The zero-order valence-corrected chi connectivity index (χ0v) is 10.7. The molecule has 4 nitrogen and oxygen atoms in total. The number of fused-ring (bicyclic) bond motifs is 2. The minimum absolute atomic E-state index is 0.0646. The fraction of sp³-hybridized carbons (Fsp3) is 0.769. The van der Waals surface area contributed by atoms with Gasteiger partial charge in [0.05, 0.1) is 6.10 Å². The van der Waals surface area contributed by atoms with Crippen molar-refractivity contribution >= 4 is 5.97 Å². The number of allylic oxidation sites excluding steroid dienone is 1. The molecule has 0 amide bonds. The summed E-state index contributed by atoms with van der Waals surface area (Å²) in [5, 5.41) is 9.73. The number of carbonyl (C=O) groups excluding carboxylic acids is 1. The molecule has 0 saturated carbocycles. The first kappa shape index (κ1) is 12.6. The molecule has 2 aliphatic heterocycles. The lowest BCUT2D eigenvalue weighted by atomic mass is 10.0. The van der Waals surface area contributed by atoms with Crippen molar-refractivity contribution in [2.75, 3.05) is 7.05 Å². The Morgan fingerprint density at radius 2 is 2.06 bits per heavy atom. The Hall–Kier alpha value is -0.870. The molecule has 0 aromatic rings. The summed E-state index contributed by atoms with van der Waals surface area (Å²) in [4.78, 5) is 13.8. The van der Waals surface area contributed by atoms with Crippen molar-refractivity contribution in [2.45, 2.75) is 57.4 Å². The number of nitrogens with zero attached hydrogens (tertiary/aromatic N) is 1. The molecule has 0 unspecified atom stereocenters. The Bertz CT molecular complexity index is 336. The Balaban J connectivity index is 1.99. The zero-order chi connectivity index (χ0) is 12.6. The van der Waals surface area contributed by atoms with Crippen molar-refractivity contribution in [1.29, 1.82) is 0 Å². The van der Waals surface area contributed by atoms with E-state index < -0.39 is 0 Å². The van der Waals surface area contributed by atoms with Gasteiger partial charge < -0.3 is 9.84 Å². The molecule has 4 heteroatoms. The first-order valence-corrected chi connectivity index (χ1v) is 6.23. The van der Waals surface area contributed by atoms with Crippen LogP contribution in [-0.4, -0.2) is 47.3 Å². The van der Waals surface area contributed by atoms with Crippen LogP contribution in [0.15, 0.2) is 11.6 Å². The summed E-state index contributed by atoms with van der Waals surface area (Å²) in [6.07, 6.45) is 3.57. The number of rotatable bonds is 2. The van der Waals surface area contributed by atoms with Gasteiger partial charge in [0.1, 0.15) is 6.10 Å². The van der Waals surface area contributed by atoms with Gasteiger partial charge in [-0.05, 0) is 33.7 Å². The molecule has 0 aliphatic carbocycles. The minimum atomic E-state index is -0.259. The average molecular weight is 239 g/mol. The number of aliphatic hydroxyl groups is 1. The molecule has 0 aromatic heterocycles. The first-order chi connectivity index (χ1) is 7.97. The van der Waals surface area contributed by atoms with Crippen molar-refractivity contribution in [1.82, 2.24) is 4.90 Å². The maximum Gasteiger partial charge on any atom is 0.331 e. The lowest BCUT2D eigenvalue weighted by Gasteiger charge is -2.34. The standard InChI is InChI=1S/C13H21NO3/c1-8(2)4-13(16)17-12-6-9-5-10(15)7-11(12)14(9)3/h4,9-12,15H,5-7H2,1-3H3/t9-,10-,11+,12-/m1/s1. The number of piperidine rings is 1. The van der Waals surface area contributed by atoms with Crippen LogP contribution in [0.25, 0.3) is 0 Å². The zero-order valence-electron chi connectivity index (χ0n) is 10.7. The second-order valence-corrected chi connectivity index (χ2v) is 5.44. The van der Waals surface area contributed by atoms with E-state index >= 15 is 0 Å². The molecular weight excluding hydrogens is 218 g/mol. The maximum absolute atomic E-state index is 11.6. The van der Waals surface area contributed by atoms with Gasteiger partial charge in [0.15, 0.2) is 0 Å². The molecular formula is C13H21NO3. The summed E-state index contributed by atoms with van der Waals surface area (Å²) in [6, 6.07) is 0.534. The molecule has 1 N–H and O–H groups in total. The van der Waals surface area contributed by atoms with Crippen LogP contribution >= 0.6 is 0 Å². The summed E-state index contributed by atoms with van der Waals surface area (Å²) in [5.41, 5.74) is 0.948. The molecule has 2 fully saturated rings. The van der Waals surface area contributed by atoms with E-state index in [1.54, 1.807) is 0 Å². The van der Waals surface area contributed by atoms with Crippen LogP contribution in [0.1, 0.15) is 33.1 Å². The molecule has 2 bridgehead atoms. The van der Waals surface area contributed by atoms with Crippen LogP contribution in [0.2, 0.25) is 0 Å². The minimum Gasteiger partial charge on any atom is -0.457 e. The first-order valence-electron chi connectivity index (χ1n) is 6.23. The van der Waals surface area contributed by atoms with Crippen LogP contribution in [0.4, 0.5) is 0 Å². The van der Waals surface area contributed by atoms with Crippen LogP contribution in [-0.2, 0) is 9.53 Å². The summed E-state index contributed by atoms with van der Waals surface area (Å²) >= 11 is 0. The molecule has 96 valence electrons. The van der Waals surface area contributed by atoms with Crippen molar-refractivity contribution < 1.29 is 14.6 Å². The highest BCUT2D eigenvalue weighted by Gasteiger charge is 2.46. The number of aliphatic hydroxyl groups excluding tert-OH is 1. The van der Waals surface area contributed by atoms with Gasteiger partial charge in [-0.25, -0.2) is 4.79 Å². The van der Waals surface area contributed by atoms with E-state index in [0.717, 1.165) is 18.4 Å². The predicted octanol–water partition coefficient (Wildman–Crippen LogP) is 1.09. The molecule has 2 heterocycles. The van der Waals surface area contributed by atoms with E-state index in [1.807, 2.05) is 13.8 Å². The second-order valence-electron chi connectivity index (χ2n) is 5.44. The van der Waals surface area contributed by atoms with Crippen molar-refractivity contribution in [3.63, 3.8) is 0 Å². The summed E-state index contributed by atoms with van der Waals surface area (Å²) in [7, 11) is 2.05. The Kier molecular flexibility index (Phi) is 3.54. The van der Waals surface area contributed by atoms with Gasteiger partial charge in [0.25, 0.3) is 0 Å². The van der Waals surface area contributed by atoms with Crippen LogP contribution in [0.3, 0.4) is 0 Å². The Morgan fingerprint density at radius 1 is 1.35 bits per heavy atom. The topological polar surface area (TPSA) is 49.8 Å². The third-order valence-corrected chi connectivity index (χ3v) is 3.76. The van der Waals surface area contributed by atoms with E-state index in [4.69, 9.17) is 4.74 Å². The van der Waals surface area contributed by atoms with Gasteiger partial charge in [-0.1, -0.05) is 5.57 Å². The molecule has 2 rings (SSSR count). The van der Waals surface area contributed by atoms with Crippen LogP contribution in [0, 0.1) is 0 Å². The number of hydrogen-bond acceptors (Lipinski definition) is 4. The normalized spacial score (nSPS) is 36.7. The van der Waals surface area contributed by atoms with E-state index in [1.165, 1.54) is 6.08 Å². The van der Waals surface area contributed by atoms with Crippen molar-refractivity contribution in [3.8, 4) is 0 Å². The highest BCUT2D eigenvalue weighted by molar-refractivity contribution is 5.82.